The van der Waals surface area contributed by atoms with Crippen LogP contribution in [0.2, 0.25) is 5.02 Å². The van der Waals surface area contributed by atoms with Crippen molar-refractivity contribution in [2.24, 2.45) is 4.99 Å². The molecule has 0 aliphatic rings. The Morgan fingerprint density at radius 3 is 2.67 bits per heavy atom. The molecule has 1 aromatic carbocycles. The molecule has 27 heavy (non-hydrogen) atoms. The van der Waals surface area contributed by atoms with Crippen LogP contribution in [-0.2, 0) is 11.2 Å². The number of hydrogen-bond donors (Lipinski definition) is 1. The normalized spacial score (nSPS) is 11.8. The van der Waals surface area contributed by atoms with Gasteiger partial charge in [-0.2, -0.15) is 5.26 Å². The zero-order chi connectivity index (χ0) is 20.4. The van der Waals surface area contributed by atoms with Gasteiger partial charge in [0, 0.05) is 30.3 Å². The maximum Gasteiger partial charge on any atom is 0.407 e. The lowest BCUT2D eigenvalue weighted by Gasteiger charge is -2.19. The van der Waals surface area contributed by atoms with Crippen LogP contribution in [0, 0.1) is 11.3 Å². The SMILES string of the molecule is C=C(C#N)/C=C\C(=NC)Oc1ccc(CCNC(=O)OC(C)(C)C)c(Cl)c1. The number of nitrogens with one attached hydrogen (secondary N) is 1. The summed E-state index contributed by atoms with van der Waals surface area (Å²) in [5.41, 5.74) is 0.627. The summed E-state index contributed by atoms with van der Waals surface area (Å²) in [6.45, 7) is 9.37. The van der Waals surface area contributed by atoms with E-state index < -0.39 is 11.7 Å². The van der Waals surface area contributed by atoms with Crippen LogP contribution in [0.25, 0.3) is 0 Å². The molecule has 0 fully saturated rings. The lowest BCUT2D eigenvalue weighted by Crippen LogP contribution is -2.33. The van der Waals surface area contributed by atoms with Gasteiger partial charge in [-0.3, -0.25) is 4.99 Å². The number of carbonyl (C=O) groups excluding carboxylic acids is 1. The van der Waals surface area contributed by atoms with Crippen LogP contribution in [0.4, 0.5) is 4.79 Å². The van der Waals surface area contributed by atoms with Crippen molar-refractivity contribution in [2.45, 2.75) is 32.8 Å². The van der Waals surface area contributed by atoms with Crippen molar-refractivity contribution in [1.29, 1.82) is 5.26 Å². The summed E-state index contributed by atoms with van der Waals surface area (Å²) in [4.78, 5) is 15.6. The molecule has 1 aromatic rings. The lowest BCUT2D eigenvalue weighted by molar-refractivity contribution is 0.0528. The number of nitrogens with zero attached hydrogens (tertiary/aromatic N) is 2. The second-order valence-corrected chi connectivity index (χ2v) is 6.97. The number of allylic oxidation sites excluding steroid dienone is 2. The molecule has 0 saturated carbocycles. The van der Waals surface area contributed by atoms with Crippen LogP contribution in [0.1, 0.15) is 26.3 Å². The average molecular weight is 390 g/mol. The van der Waals surface area contributed by atoms with Crippen LogP contribution in [0.15, 0.2) is 47.5 Å². The van der Waals surface area contributed by atoms with Gasteiger partial charge in [-0.05, 0) is 51.0 Å². The lowest BCUT2D eigenvalue weighted by atomic mass is 10.1. The van der Waals surface area contributed by atoms with Gasteiger partial charge in [0.05, 0.1) is 6.07 Å². The van der Waals surface area contributed by atoms with E-state index in [1.807, 2.05) is 12.1 Å². The highest BCUT2D eigenvalue weighted by molar-refractivity contribution is 6.31. The second-order valence-electron chi connectivity index (χ2n) is 6.57. The minimum Gasteiger partial charge on any atom is -0.444 e. The highest BCUT2D eigenvalue weighted by Gasteiger charge is 2.15. The number of rotatable bonds is 6. The number of halogens is 1. The number of carbonyl (C=O) groups is 1. The summed E-state index contributed by atoms with van der Waals surface area (Å²) in [6.07, 6.45) is 3.15. The molecule has 0 unspecified atom stereocenters. The predicted octanol–water partition coefficient (Wildman–Crippen LogP) is 4.45. The number of aliphatic imine (C=N–C) groups is 1. The van der Waals surface area contributed by atoms with Gasteiger partial charge in [0.1, 0.15) is 11.4 Å². The summed E-state index contributed by atoms with van der Waals surface area (Å²) in [5.74, 6) is 0.832. The maximum absolute atomic E-state index is 11.6. The number of ether oxygens (including phenoxy) is 2. The van der Waals surface area contributed by atoms with Gasteiger partial charge in [0.25, 0.3) is 0 Å². The van der Waals surface area contributed by atoms with Crippen molar-refractivity contribution in [3.8, 4) is 11.8 Å². The number of alkyl carbamates (subject to hydrolysis) is 1. The highest BCUT2D eigenvalue weighted by atomic mass is 35.5. The van der Waals surface area contributed by atoms with Crippen molar-refractivity contribution in [2.75, 3.05) is 13.6 Å². The van der Waals surface area contributed by atoms with Crippen molar-refractivity contribution in [1.82, 2.24) is 5.32 Å². The maximum atomic E-state index is 11.6. The first-order valence-electron chi connectivity index (χ1n) is 8.31. The molecule has 1 N–H and O–H groups in total. The highest BCUT2D eigenvalue weighted by Crippen LogP contribution is 2.23. The van der Waals surface area contributed by atoms with Crippen LogP contribution in [0.3, 0.4) is 0 Å². The molecule has 1 amide bonds. The third-order valence-electron chi connectivity index (χ3n) is 3.10. The van der Waals surface area contributed by atoms with Crippen molar-refractivity contribution >= 4 is 23.6 Å². The predicted molar refractivity (Wildman–Crippen MR) is 107 cm³/mol. The minimum atomic E-state index is -0.534. The molecule has 6 nitrogen and oxygen atoms in total. The van der Waals surface area contributed by atoms with Gasteiger partial charge in [-0.25, -0.2) is 4.79 Å². The molecule has 7 heteroatoms. The fourth-order valence-corrected chi connectivity index (χ4v) is 2.16. The Morgan fingerprint density at radius 2 is 2.11 bits per heavy atom. The Hall–Kier alpha value is -2.78. The molecule has 1 rings (SSSR count). The molecule has 0 aliphatic carbocycles. The minimum absolute atomic E-state index is 0.297. The Kier molecular flexibility index (Phi) is 8.57. The quantitative estimate of drug-likeness (QED) is 0.337. The first kappa shape index (κ1) is 22.3. The smallest absolute Gasteiger partial charge is 0.407 e. The van der Waals surface area contributed by atoms with Crippen LogP contribution < -0.4 is 10.1 Å². The van der Waals surface area contributed by atoms with E-state index in [2.05, 4.69) is 16.9 Å². The summed E-state index contributed by atoms with van der Waals surface area (Å²) in [5, 5.41) is 11.9. The summed E-state index contributed by atoms with van der Waals surface area (Å²) in [7, 11) is 1.58. The van der Waals surface area contributed by atoms with Crippen molar-refractivity contribution < 1.29 is 14.3 Å². The van der Waals surface area contributed by atoms with E-state index in [0.717, 1.165) is 5.56 Å². The fraction of sp³-hybridized carbons (Fsp3) is 0.350. The van der Waals surface area contributed by atoms with E-state index in [0.29, 0.717) is 35.2 Å². The van der Waals surface area contributed by atoms with Crippen LogP contribution in [0.5, 0.6) is 5.75 Å². The van der Waals surface area contributed by atoms with Gasteiger partial charge in [-0.1, -0.05) is 24.2 Å². The van der Waals surface area contributed by atoms with Gasteiger partial charge < -0.3 is 14.8 Å². The first-order chi connectivity index (χ1) is 12.6. The number of amides is 1. The topological polar surface area (TPSA) is 83.7 Å². The molecule has 0 bridgehead atoms. The van der Waals surface area contributed by atoms with Crippen molar-refractivity contribution in [3.05, 3.63) is 53.1 Å². The fourth-order valence-electron chi connectivity index (χ4n) is 1.89. The van der Waals surface area contributed by atoms with Gasteiger partial charge in [0.2, 0.25) is 5.90 Å². The Balaban J connectivity index is 2.64. The first-order valence-corrected chi connectivity index (χ1v) is 8.69. The Bertz CT molecular complexity index is 787. The molecule has 0 radical (unpaired) electrons. The van der Waals surface area contributed by atoms with E-state index in [1.165, 1.54) is 6.08 Å². The molecule has 0 spiro atoms. The third kappa shape index (κ3) is 8.93. The van der Waals surface area contributed by atoms with Crippen LogP contribution >= 0.6 is 11.6 Å². The van der Waals surface area contributed by atoms with E-state index in [-0.39, 0.29) is 0 Å². The number of nitriles is 1. The van der Waals surface area contributed by atoms with Gasteiger partial charge >= 0.3 is 6.09 Å². The molecular weight excluding hydrogens is 366 g/mol. The van der Waals surface area contributed by atoms with Crippen molar-refractivity contribution in [3.63, 3.8) is 0 Å². The second kappa shape index (κ2) is 10.4. The van der Waals surface area contributed by atoms with E-state index in [4.69, 9.17) is 26.3 Å². The standard InChI is InChI=1S/C20H24ClN3O3/c1-14(13-22)6-9-18(23-5)26-16-8-7-15(17(21)12-16)10-11-24-19(25)27-20(2,3)4/h6-9,12H,1,10-11H2,2-5H3,(H,24,25)/b9-6-,23-18?. The van der Waals surface area contributed by atoms with E-state index >= 15 is 0 Å². The summed E-state index contributed by atoms with van der Waals surface area (Å²) >= 11 is 6.29. The zero-order valence-corrected chi connectivity index (χ0v) is 16.8. The molecular formula is C20H24ClN3O3. The monoisotopic (exact) mass is 389 g/mol. The molecule has 0 saturated heterocycles. The summed E-state index contributed by atoms with van der Waals surface area (Å²) in [6, 6.07) is 7.16. The number of hydrogen-bond acceptors (Lipinski definition) is 5. The van der Waals surface area contributed by atoms with Crippen LogP contribution in [-0.4, -0.2) is 31.2 Å². The largest absolute Gasteiger partial charge is 0.444 e. The molecule has 144 valence electrons. The van der Waals surface area contributed by atoms with E-state index in [9.17, 15) is 4.79 Å². The molecule has 0 atom stereocenters. The van der Waals surface area contributed by atoms with Gasteiger partial charge in [0.15, 0.2) is 0 Å². The average Bonchev–Trinajstić information content (AvgIpc) is 2.58. The number of benzene rings is 1. The summed E-state index contributed by atoms with van der Waals surface area (Å²) < 4.78 is 10.8. The van der Waals surface area contributed by atoms with E-state index in [1.54, 1.807) is 46.0 Å². The molecule has 0 aliphatic heterocycles. The van der Waals surface area contributed by atoms with Gasteiger partial charge in [-0.15, -0.1) is 0 Å². The zero-order valence-electron chi connectivity index (χ0n) is 16.0. The Labute approximate surface area is 165 Å². The third-order valence-corrected chi connectivity index (χ3v) is 3.45. The Morgan fingerprint density at radius 1 is 1.41 bits per heavy atom. The molecule has 0 heterocycles. The molecule has 0 aromatic heterocycles.